The summed E-state index contributed by atoms with van der Waals surface area (Å²) in [5.74, 6) is 7.20. The fourth-order valence-electron chi connectivity index (χ4n) is 1.37. The van der Waals surface area contributed by atoms with Crippen molar-refractivity contribution in [2.24, 2.45) is 5.84 Å². The van der Waals surface area contributed by atoms with Gasteiger partial charge in [-0.05, 0) is 31.9 Å². The van der Waals surface area contributed by atoms with E-state index in [1.807, 2.05) is 19.1 Å². The molecule has 1 amide bonds. The largest absolute Gasteiger partial charge is 0.466 e. The average Bonchev–Trinajstić information content (AvgIpc) is 2.58. The summed E-state index contributed by atoms with van der Waals surface area (Å²) in [6.07, 6.45) is 3.19. The van der Waals surface area contributed by atoms with Gasteiger partial charge in [0.2, 0.25) is 5.91 Å². The molecule has 0 spiro atoms. The highest BCUT2D eigenvalue weighted by molar-refractivity contribution is 5.75. The summed E-state index contributed by atoms with van der Waals surface area (Å²) in [6, 6.07) is 3.93. The second kappa shape index (κ2) is 5.56. The fourth-order valence-corrected chi connectivity index (χ4v) is 1.37. The summed E-state index contributed by atoms with van der Waals surface area (Å²) in [7, 11) is 1.57. The molecule has 0 fully saturated rings. The molecule has 0 aliphatic rings. The van der Waals surface area contributed by atoms with Crippen LogP contribution in [0.2, 0.25) is 0 Å². The summed E-state index contributed by atoms with van der Waals surface area (Å²) in [5.41, 5.74) is 0. The van der Waals surface area contributed by atoms with Crippen molar-refractivity contribution < 1.29 is 9.21 Å². The van der Waals surface area contributed by atoms with E-state index >= 15 is 0 Å². The highest BCUT2D eigenvalue weighted by Crippen LogP contribution is 2.10. The Morgan fingerprint density at radius 2 is 2.20 bits per heavy atom. The maximum absolute atomic E-state index is 11.1. The van der Waals surface area contributed by atoms with Crippen LogP contribution < -0.4 is 5.84 Å². The molecule has 0 atom stereocenters. The fraction of sp³-hybridized carbons (Fsp3) is 0.545. The third kappa shape index (κ3) is 4.16. The molecule has 1 aromatic rings. The second-order valence-corrected chi connectivity index (χ2v) is 3.72. The topological polar surface area (TPSA) is 59.5 Å². The van der Waals surface area contributed by atoms with Gasteiger partial charge in [-0.3, -0.25) is 9.80 Å². The number of hydrazine groups is 1. The van der Waals surface area contributed by atoms with Crippen molar-refractivity contribution in [1.82, 2.24) is 5.01 Å². The number of nitrogens with zero attached hydrogens (tertiary/aromatic N) is 1. The number of hydrogen-bond acceptors (Lipinski definition) is 3. The number of hydrogen-bond donors (Lipinski definition) is 1. The van der Waals surface area contributed by atoms with Gasteiger partial charge in [-0.1, -0.05) is 0 Å². The van der Waals surface area contributed by atoms with Crippen molar-refractivity contribution in [3.05, 3.63) is 23.7 Å². The quantitative estimate of drug-likeness (QED) is 0.348. The number of unbranched alkanes of at least 4 members (excludes halogenated alkanes) is 1. The van der Waals surface area contributed by atoms with Crippen LogP contribution in [0.3, 0.4) is 0 Å². The Morgan fingerprint density at radius 3 is 2.73 bits per heavy atom. The van der Waals surface area contributed by atoms with Gasteiger partial charge in [0.05, 0.1) is 0 Å². The van der Waals surface area contributed by atoms with E-state index in [-0.39, 0.29) is 5.91 Å². The Kier molecular flexibility index (Phi) is 4.37. The Morgan fingerprint density at radius 1 is 1.47 bits per heavy atom. The van der Waals surface area contributed by atoms with Crippen LogP contribution in [-0.2, 0) is 11.2 Å². The molecule has 0 radical (unpaired) electrons. The van der Waals surface area contributed by atoms with Crippen molar-refractivity contribution in [3.63, 3.8) is 0 Å². The molecule has 0 aliphatic carbocycles. The summed E-state index contributed by atoms with van der Waals surface area (Å²) < 4.78 is 5.42. The van der Waals surface area contributed by atoms with Crippen LogP contribution in [0, 0.1) is 6.92 Å². The minimum atomic E-state index is -0.0226. The van der Waals surface area contributed by atoms with Crippen LogP contribution in [-0.4, -0.2) is 18.0 Å². The first kappa shape index (κ1) is 11.8. The van der Waals surface area contributed by atoms with E-state index in [0.29, 0.717) is 6.42 Å². The molecule has 0 aliphatic heterocycles. The van der Waals surface area contributed by atoms with E-state index in [1.54, 1.807) is 7.05 Å². The molecule has 4 nitrogen and oxygen atoms in total. The lowest BCUT2D eigenvalue weighted by atomic mass is 10.1. The van der Waals surface area contributed by atoms with Gasteiger partial charge in [0.15, 0.2) is 0 Å². The number of aryl methyl sites for hydroxylation is 2. The van der Waals surface area contributed by atoms with Gasteiger partial charge < -0.3 is 4.42 Å². The number of carbonyl (C=O) groups is 1. The van der Waals surface area contributed by atoms with E-state index in [0.717, 1.165) is 35.8 Å². The summed E-state index contributed by atoms with van der Waals surface area (Å²) in [5, 5.41) is 1.14. The Hall–Kier alpha value is -1.29. The second-order valence-electron chi connectivity index (χ2n) is 3.72. The molecular weight excluding hydrogens is 192 g/mol. The van der Waals surface area contributed by atoms with E-state index in [2.05, 4.69) is 0 Å². The minimum Gasteiger partial charge on any atom is -0.466 e. The van der Waals surface area contributed by atoms with Gasteiger partial charge in [0, 0.05) is 19.9 Å². The zero-order valence-electron chi connectivity index (χ0n) is 9.32. The molecular formula is C11H18N2O2. The molecule has 0 aromatic carbocycles. The number of carbonyl (C=O) groups excluding carboxylic acids is 1. The van der Waals surface area contributed by atoms with E-state index < -0.39 is 0 Å². The molecule has 0 unspecified atom stereocenters. The maximum atomic E-state index is 11.1. The summed E-state index contributed by atoms with van der Waals surface area (Å²) in [6.45, 7) is 1.93. The van der Waals surface area contributed by atoms with Crippen LogP contribution in [0.5, 0.6) is 0 Å². The minimum absolute atomic E-state index is 0.0226. The average molecular weight is 210 g/mol. The van der Waals surface area contributed by atoms with Crippen LogP contribution >= 0.6 is 0 Å². The third-order valence-electron chi connectivity index (χ3n) is 2.25. The van der Waals surface area contributed by atoms with Crippen molar-refractivity contribution >= 4 is 5.91 Å². The number of amides is 1. The van der Waals surface area contributed by atoms with Crippen molar-refractivity contribution in [1.29, 1.82) is 0 Å². The smallest absolute Gasteiger partial charge is 0.236 e. The van der Waals surface area contributed by atoms with Crippen LogP contribution in [0.15, 0.2) is 16.5 Å². The standard InChI is InChI=1S/C11H18N2O2/c1-9-7-8-10(15-9)5-3-4-6-11(14)13(2)12/h7-8H,3-6,12H2,1-2H3. The van der Waals surface area contributed by atoms with Gasteiger partial charge in [-0.25, -0.2) is 5.84 Å². The predicted octanol–water partition coefficient (Wildman–Crippen LogP) is 1.63. The molecule has 1 aromatic heterocycles. The normalized spacial score (nSPS) is 10.3. The number of nitrogens with two attached hydrogens (primary N) is 1. The molecule has 2 N–H and O–H groups in total. The van der Waals surface area contributed by atoms with Gasteiger partial charge in [0.25, 0.3) is 0 Å². The first-order chi connectivity index (χ1) is 7.09. The number of rotatable bonds is 5. The zero-order chi connectivity index (χ0) is 11.3. The Bertz CT molecular complexity index is 318. The molecule has 1 rings (SSSR count). The van der Waals surface area contributed by atoms with Gasteiger partial charge >= 0.3 is 0 Å². The molecule has 15 heavy (non-hydrogen) atoms. The van der Waals surface area contributed by atoms with E-state index in [4.69, 9.17) is 10.3 Å². The Balaban J connectivity index is 2.15. The lowest BCUT2D eigenvalue weighted by Crippen LogP contribution is -2.32. The maximum Gasteiger partial charge on any atom is 0.236 e. The summed E-state index contributed by atoms with van der Waals surface area (Å²) >= 11 is 0. The SMILES string of the molecule is Cc1ccc(CCCCC(=O)N(C)N)o1. The Labute approximate surface area is 90.0 Å². The predicted molar refractivity (Wildman–Crippen MR) is 58.0 cm³/mol. The molecule has 84 valence electrons. The van der Waals surface area contributed by atoms with Crippen molar-refractivity contribution in [2.45, 2.75) is 32.6 Å². The van der Waals surface area contributed by atoms with E-state index in [9.17, 15) is 4.79 Å². The molecule has 4 heteroatoms. The van der Waals surface area contributed by atoms with E-state index in [1.165, 1.54) is 0 Å². The first-order valence-corrected chi connectivity index (χ1v) is 5.16. The van der Waals surface area contributed by atoms with Gasteiger partial charge in [-0.2, -0.15) is 0 Å². The van der Waals surface area contributed by atoms with Gasteiger partial charge in [0.1, 0.15) is 11.5 Å². The highest BCUT2D eigenvalue weighted by atomic mass is 16.3. The van der Waals surface area contributed by atoms with Crippen LogP contribution in [0.25, 0.3) is 0 Å². The molecule has 1 heterocycles. The third-order valence-corrected chi connectivity index (χ3v) is 2.25. The monoisotopic (exact) mass is 210 g/mol. The first-order valence-electron chi connectivity index (χ1n) is 5.16. The zero-order valence-corrected chi connectivity index (χ0v) is 9.32. The molecule has 0 saturated carbocycles. The lowest BCUT2D eigenvalue weighted by Gasteiger charge is -2.08. The molecule has 0 bridgehead atoms. The van der Waals surface area contributed by atoms with Crippen molar-refractivity contribution in [3.8, 4) is 0 Å². The van der Waals surface area contributed by atoms with Crippen LogP contribution in [0.4, 0.5) is 0 Å². The highest BCUT2D eigenvalue weighted by Gasteiger charge is 2.04. The number of furan rings is 1. The van der Waals surface area contributed by atoms with Gasteiger partial charge in [-0.15, -0.1) is 0 Å². The lowest BCUT2D eigenvalue weighted by molar-refractivity contribution is -0.130. The summed E-state index contributed by atoms with van der Waals surface area (Å²) in [4.78, 5) is 11.1. The van der Waals surface area contributed by atoms with Crippen molar-refractivity contribution in [2.75, 3.05) is 7.05 Å². The molecule has 0 saturated heterocycles. The van der Waals surface area contributed by atoms with Crippen LogP contribution in [0.1, 0.15) is 30.8 Å².